The predicted molar refractivity (Wildman–Crippen MR) is 146 cm³/mol. The number of benzene rings is 1. The van der Waals surface area contributed by atoms with E-state index < -0.39 is 0 Å². The Morgan fingerprint density at radius 1 is 1.17 bits per heavy atom. The van der Waals surface area contributed by atoms with Crippen molar-refractivity contribution in [2.45, 2.75) is 51.7 Å². The average molecular weight is 508 g/mol. The minimum absolute atomic E-state index is 0.0143. The summed E-state index contributed by atoms with van der Waals surface area (Å²) >= 11 is 1.72. The molecule has 1 N–H and O–H groups in total. The van der Waals surface area contributed by atoms with Gasteiger partial charge in [0.25, 0.3) is 5.91 Å². The molecule has 8 heteroatoms. The van der Waals surface area contributed by atoms with E-state index in [4.69, 9.17) is 9.72 Å². The number of fused-ring (bicyclic) bond motifs is 1. The van der Waals surface area contributed by atoms with Crippen LogP contribution >= 0.6 is 11.3 Å². The van der Waals surface area contributed by atoms with E-state index >= 15 is 0 Å². The van der Waals surface area contributed by atoms with Gasteiger partial charge in [-0.15, -0.1) is 11.3 Å². The van der Waals surface area contributed by atoms with Crippen LogP contribution in [0.4, 0.5) is 5.82 Å². The fourth-order valence-corrected chi connectivity index (χ4v) is 5.16. The number of unbranched alkanes of at least 4 members (excludes halogenated alkanes) is 2. The molecule has 0 radical (unpaired) electrons. The van der Waals surface area contributed by atoms with E-state index in [-0.39, 0.29) is 12.0 Å². The number of carbonyl (C=O) groups is 1. The van der Waals surface area contributed by atoms with Gasteiger partial charge in [-0.3, -0.25) is 4.79 Å². The molecule has 1 aliphatic heterocycles. The van der Waals surface area contributed by atoms with Gasteiger partial charge in [0.05, 0.1) is 0 Å². The molecule has 1 aromatic carbocycles. The third-order valence-corrected chi connectivity index (χ3v) is 7.46. The van der Waals surface area contributed by atoms with Crippen molar-refractivity contribution < 1.29 is 9.53 Å². The normalized spacial score (nSPS) is 14.5. The standard InChI is InChI=1S/C28H37N5O2S/c1-4-5-6-9-26-30-19-23-27(31-26)32(3)16-17-33(28(23)34)20-21-10-12-22(13-11-21)35-24(14-15-29-2)25-8-7-18-36-25/h7-8,10-13,18-19,24,29H,4-6,9,14-17,20H2,1-3H3/t24-/m1/s1. The Balaban J connectivity index is 1.42. The second kappa shape index (κ2) is 12.8. The second-order valence-corrected chi connectivity index (χ2v) is 10.3. The Bertz CT molecular complexity index is 1100. The summed E-state index contributed by atoms with van der Waals surface area (Å²) in [6.45, 7) is 4.99. The molecule has 0 saturated carbocycles. The molecular weight excluding hydrogens is 470 g/mol. The largest absolute Gasteiger partial charge is 0.485 e. The Labute approximate surface area is 218 Å². The van der Waals surface area contributed by atoms with Crippen molar-refractivity contribution in [1.29, 1.82) is 0 Å². The smallest absolute Gasteiger partial charge is 0.259 e. The van der Waals surface area contributed by atoms with Crippen LogP contribution in [-0.2, 0) is 13.0 Å². The molecule has 0 spiro atoms. The molecule has 7 nitrogen and oxygen atoms in total. The molecule has 3 aromatic rings. The van der Waals surface area contributed by atoms with Crippen molar-refractivity contribution in [2.24, 2.45) is 0 Å². The molecule has 2 aromatic heterocycles. The molecule has 1 aliphatic rings. The zero-order valence-electron chi connectivity index (χ0n) is 21.6. The van der Waals surface area contributed by atoms with Crippen molar-refractivity contribution >= 4 is 23.1 Å². The van der Waals surface area contributed by atoms with Crippen molar-refractivity contribution in [1.82, 2.24) is 20.2 Å². The Hall–Kier alpha value is -2.97. The molecular formula is C28H37N5O2S. The minimum Gasteiger partial charge on any atom is -0.485 e. The van der Waals surface area contributed by atoms with Gasteiger partial charge in [0.15, 0.2) is 0 Å². The minimum atomic E-state index is -0.0143. The van der Waals surface area contributed by atoms with Crippen LogP contribution in [0.15, 0.2) is 48.0 Å². The van der Waals surface area contributed by atoms with Gasteiger partial charge in [0, 0.05) is 50.6 Å². The number of nitrogens with one attached hydrogen (secondary N) is 1. The summed E-state index contributed by atoms with van der Waals surface area (Å²) in [6.07, 6.45) is 6.89. The van der Waals surface area contributed by atoms with Crippen LogP contribution in [0.2, 0.25) is 0 Å². The lowest BCUT2D eigenvalue weighted by Crippen LogP contribution is -2.33. The number of likely N-dealkylation sites (N-methyl/N-ethyl adjacent to an activating group) is 1. The molecule has 1 atom stereocenters. The van der Waals surface area contributed by atoms with Crippen LogP contribution in [0.1, 0.15) is 65.3 Å². The Morgan fingerprint density at radius 2 is 2.00 bits per heavy atom. The molecule has 192 valence electrons. The first-order chi connectivity index (χ1) is 17.6. The van der Waals surface area contributed by atoms with Gasteiger partial charge in [0.1, 0.15) is 29.1 Å². The number of hydrogen-bond donors (Lipinski definition) is 1. The van der Waals surface area contributed by atoms with Crippen LogP contribution in [0.5, 0.6) is 5.75 Å². The number of aromatic nitrogens is 2. The highest BCUT2D eigenvalue weighted by atomic mass is 32.1. The summed E-state index contributed by atoms with van der Waals surface area (Å²) in [5.74, 6) is 2.39. The van der Waals surface area contributed by atoms with Crippen LogP contribution < -0.4 is 15.0 Å². The van der Waals surface area contributed by atoms with Crippen molar-refractivity contribution in [3.05, 3.63) is 69.8 Å². The Kier molecular flexibility index (Phi) is 9.30. The molecule has 36 heavy (non-hydrogen) atoms. The van der Waals surface area contributed by atoms with Crippen LogP contribution in [0, 0.1) is 0 Å². The number of anilines is 1. The lowest BCUT2D eigenvalue weighted by atomic mass is 10.1. The average Bonchev–Trinajstić information content (AvgIpc) is 3.41. The maximum absolute atomic E-state index is 13.4. The highest BCUT2D eigenvalue weighted by molar-refractivity contribution is 7.10. The number of hydrogen-bond acceptors (Lipinski definition) is 7. The summed E-state index contributed by atoms with van der Waals surface area (Å²) in [4.78, 5) is 27.8. The Morgan fingerprint density at radius 3 is 2.72 bits per heavy atom. The summed E-state index contributed by atoms with van der Waals surface area (Å²) in [5.41, 5.74) is 1.65. The summed E-state index contributed by atoms with van der Waals surface area (Å²) in [7, 11) is 3.96. The molecule has 3 heterocycles. The van der Waals surface area contributed by atoms with Crippen molar-refractivity contribution in [2.75, 3.05) is 38.6 Å². The van der Waals surface area contributed by atoms with Gasteiger partial charge in [-0.1, -0.05) is 38.0 Å². The maximum atomic E-state index is 13.4. The number of amides is 1. The van der Waals surface area contributed by atoms with E-state index in [0.29, 0.717) is 18.7 Å². The van der Waals surface area contributed by atoms with Gasteiger partial charge >= 0.3 is 0 Å². The summed E-state index contributed by atoms with van der Waals surface area (Å²) in [5, 5.41) is 5.29. The monoisotopic (exact) mass is 507 g/mol. The van der Waals surface area contributed by atoms with E-state index in [1.54, 1.807) is 17.5 Å². The van der Waals surface area contributed by atoms with Gasteiger partial charge in [-0.2, -0.15) is 0 Å². The lowest BCUT2D eigenvalue weighted by molar-refractivity contribution is 0.0754. The highest BCUT2D eigenvalue weighted by Gasteiger charge is 2.27. The third-order valence-electron chi connectivity index (χ3n) is 6.50. The zero-order chi connectivity index (χ0) is 25.3. The van der Waals surface area contributed by atoms with Gasteiger partial charge < -0.3 is 19.9 Å². The fraction of sp³-hybridized carbons (Fsp3) is 0.464. The fourth-order valence-electron chi connectivity index (χ4n) is 4.37. The quantitative estimate of drug-likeness (QED) is 0.344. The number of thiophene rings is 1. The number of ether oxygens (including phenoxy) is 1. The summed E-state index contributed by atoms with van der Waals surface area (Å²) in [6, 6.07) is 12.3. The second-order valence-electron chi connectivity index (χ2n) is 9.29. The first-order valence-corrected chi connectivity index (χ1v) is 13.8. The van der Waals surface area contributed by atoms with E-state index in [9.17, 15) is 4.79 Å². The molecule has 1 amide bonds. The first kappa shape index (κ1) is 26.1. The van der Waals surface area contributed by atoms with E-state index in [2.05, 4.69) is 51.8 Å². The van der Waals surface area contributed by atoms with E-state index in [0.717, 1.165) is 68.1 Å². The van der Waals surface area contributed by atoms with Crippen LogP contribution in [0.3, 0.4) is 0 Å². The first-order valence-electron chi connectivity index (χ1n) is 12.9. The maximum Gasteiger partial charge on any atom is 0.259 e. The molecule has 0 saturated heterocycles. The van der Waals surface area contributed by atoms with Gasteiger partial charge in [-0.25, -0.2) is 9.97 Å². The van der Waals surface area contributed by atoms with Crippen molar-refractivity contribution in [3.63, 3.8) is 0 Å². The topological polar surface area (TPSA) is 70.6 Å². The van der Waals surface area contributed by atoms with Gasteiger partial charge in [0.2, 0.25) is 0 Å². The molecule has 0 bridgehead atoms. The van der Waals surface area contributed by atoms with Crippen molar-refractivity contribution in [3.8, 4) is 5.75 Å². The van der Waals surface area contributed by atoms with Crippen LogP contribution in [0.25, 0.3) is 0 Å². The lowest BCUT2D eigenvalue weighted by Gasteiger charge is -2.22. The van der Waals surface area contributed by atoms with E-state index in [1.807, 2.05) is 31.1 Å². The number of rotatable bonds is 12. The highest BCUT2D eigenvalue weighted by Crippen LogP contribution is 2.29. The number of carbonyl (C=O) groups excluding carboxylic acids is 1. The molecule has 4 rings (SSSR count). The number of nitrogens with zero attached hydrogens (tertiary/aromatic N) is 4. The molecule has 0 aliphatic carbocycles. The SMILES string of the molecule is CCCCCc1ncc2c(n1)N(C)CCN(Cc1ccc(O[C@H](CCNC)c3cccs3)cc1)C2=O. The molecule has 0 unspecified atom stereocenters. The van der Waals surface area contributed by atoms with E-state index in [1.165, 1.54) is 4.88 Å². The number of aryl methyl sites for hydroxylation is 1. The zero-order valence-corrected chi connectivity index (χ0v) is 22.4. The third kappa shape index (κ3) is 6.62. The predicted octanol–water partition coefficient (Wildman–Crippen LogP) is 5.09. The van der Waals surface area contributed by atoms with Crippen LogP contribution in [-0.4, -0.2) is 54.5 Å². The van der Waals surface area contributed by atoms with Gasteiger partial charge in [-0.05, 0) is 49.2 Å². The molecule has 0 fully saturated rings. The summed E-state index contributed by atoms with van der Waals surface area (Å²) < 4.78 is 6.32.